The molecule has 0 saturated heterocycles. The van der Waals surface area contributed by atoms with Crippen molar-refractivity contribution in [1.82, 2.24) is 19.7 Å². The van der Waals surface area contributed by atoms with Crippen molar-refractivity contribution >= 4 is 34.7 Å². The van der Waals surface area contributed by atoms with E-state index in [9.17, 15) is 4.79 Å². The van der Waals surface area contributed by atoms with E-state index in [-0.39, 0.29) is 12.3 Å². The molecule has 0 spiro atoms. The highest BCUT2D eigenvalue weighted by Crippen LogP contribution is 2.41. The van der Waals surface area contributed by atoms with Gasteiger partial charge in [-0.05, 0) is 37.1 Å². The first-order valence-corrected chi connectivity index (χ1v) is 12.0. The molecule has 0 radical (unpaired) electrons. The molecule has 156 valence electrons. The highest BCUT2D eigenvalue weighted by molar-refractivity contribution is 7.98. The van der Waals surface area contributed by atoms with Crippen molar-refractivity contribution in [3.05, 3.63) is 82.6 Å². The van der Waals surface area contributed by atoms with Gasteiger partial charge in [-0.15, -0.1) is 21.5 Å². The quantitative estimate of drug-likeness (QED) is 0.382. The van der Waals surface area contributed by atoms with Gasteiger partial charge in [0.25, 0.3) is 0 Å². The number of hydrogen-bond donors (Lipinski definition) is 1. The lowest BCUT2D eigenvalue weighted by Gasteiger charge is -2.09. The molecule has 1 saturated carbocycles. The Kier molecular flexibility index (Phi) is 5.82. The van der Waals surface area contributed by atoms with E-state index in [4.69, 9.17) is 0 Å². The van der Waals surface area contributed by atoms with Crippen LogP contribution in [-0.2, 0) is 17.0 Å². The van der Waals surface area contributed by atoms with E-state index in [0.717, 1.165) is 33.1 Å². The van der Waals surface area contributed by atoms with E-state index in [1.807, 2.05) is 53.9 Å². The van der Waals surface area contributed by atoms with E-state index in [0.29, 0.717) is 11.7 Å². The zero-order chi connectivity index (χ0) is 21.0. The second-order valence-electron chi connectivity index (χ2n) is 7.40. The number of carbonyl (C=O) groups excluding carboxylic acids is 1. The number of para-hydroxylation sites is 2. The summed E-state index contributed by atoms with van der Waals surface area (Å²) in [6.07, 6.45) is 2.63. The Bertz CT molecular complexity index is 1170. The van der Waals surface area contributed by atoms with Gasteiger partial charge in [-0.3, -0.25) is 9.36 Å². The number of hydrogen-bond acceptors (Lipinski definition) is 6. The van der Waals surface area contributed by atoms with Gasteiger partial charge in [0.15, 0.2) is 5.16 Å². The molecular formula is C23H21N5OS2. The molecular weight excluding hydrogens is 426 g/mol. The second-order valence-corrected chi connectivity index (χ2v) is 9.28. The molecule has 8 heteroatoms. The molecule has 0 aliphatic heterocycles. The van der Waals surface area contributed by atoms with Gasteiger partial charge < -0.3 is 5.32 Å². The average Bonchev–Trinajstić information content (AvgIpc) is 3.40. The predicted molar refractivity (Wildman–Crippen MR) is 124 cm³/mol. The minimum Gasteiger partial charge on any atom is -0.326 e. The fourth-order valence-electron chi connectivity index (χ4n) is 3.30. The number of rotatable bonds is 8. The first-order valence-electron chi connectivity index (χ1n) is 10.2. The molecule has 31 heavy (non-hydrogen) atoms. The lowest BCUT2D eigenvalue weighted by molar-refractivity contribution is -0.115. The van der Waals surface area contributed by atoms with Crippen molar-refractivity contribution in [2.24, 2.45) is 0 Å². The number of anilines is 1. The van der Waals surface area contributed by atoms with E-state index >= 15 is 0 Å². The lowest BCUT2D eigenvalue weighted by atomic mass is 10.3. The number of thiazole rings is 1. The van der Waals surface area contributed by atoms with Crippen LogP contribution in [0.25, 0.3) is 5.69 Å². The van der Waals surface area contributed by atoms with E-state index in [2.05, 4.69) is 37.2 Å². The fourth-order valence-corrected chi connectivity index (χ4v) is 5.05. The number of aromatic nitrogens is 4. The van der Waals surface area contributed by atoms with Crippen LogP contribution >= 0.6 is 23.1 Å². The molecule has 0 atom stereocenters. The van der Waals surface area contributed by atoms with Crippen LogP contribution in [0.1, 0.15) is 35.3 Å². The Morgan fingerprint density at radius 3 is 2.55 bits per heavy atom. The van der Waals surface area contributed by atoms with Crippen molar-refractivity contribution < 1.29 is 4.79 Å². The number of benzene rings is 2. The predicted octanol–water partition coefficient (Wildman–Crippen LogP) is 5.07. The highest BCUT2D eigenvalue weighted by atomic mass is 32.2. The Morgan fingerprint density at radius 2 is 1.81 bits per heavy atom. The summed E-state index contributed by atoms with van der Waals surface area (Å²) in [6, 6.07) is 19.7. The normalized spacial score (nSPS) is 13.3. The Balaban J connectivity index is 1.24. The van der Waals surface area contributed by atoms with Gasteiger partial charge in [0.2, 0.25) is 5.91 Å². The molecule has 2 aromatic heterocycles. The maximum Gasteiger partial charge on any atom is 0.231 e. The van der Waals surface area contributed by atoms with Crippen LogP contribution in [0.3, 0.4) is 0 Å². The maximum atomic E-state index is 12.3. The van der Waals surface area contributed by atoms with E-state index < -0.39 is 0 Å². The summed E-state index contributed by atoms with van der Waals surface area (Å²) >= 11 is 3.14. The summed E-state index contributed by atoms with van der Waals surface area (Å²) in [6.45, 7) is 0. The third kappa shape index (κ3) is 4.86. The Morgan fingerprint density at radius 1 is 1.06 bits per heavy atom. The van der Waals surface area contributed by atoms with Crippen molar-refractivity contribution in [3.63, 3.8) is 0 Å². The smallest absolute Gasteiger partial charge is 0.231 e. The minimum atomic E-state index is -0.0577. The van der Waals surface area contributed by atoms with E-state index in [1.54, 1.807) is 11.8 Å². The molecule has 1 fully saturated rings. The largest absolute Gasteiger partial charge is 0.326 e. The summed E-state index contributed by atoms with van der Waals surface area (Å²) in [5.41, 5.74) is 2.84. The highest BCUT2D eigenvalue weighted by Gasteiger charge is 2.31. The SMILES string of the molecule is O=C(Cc1nc(CSc2nnc(C3CC3)n2-c2ccccc2)cs1)Nc1ccccc1. The first kappa shape index (κ1) is 20.0. The van der Waals surface area contributed by atoms with Crippen molar-refractivity contribution in [2.75, 3.05) is 5.32 Å². The zero-order valence-corrected chi connectivity index (χ0v) is 18.4. The monoisotopic (exact) mass is 447 g/mol. The van der Waals surface area contributed by atoms with Crippen molar-refractivity contribution in [1.29, 1.82) is 0 Å². The lowest BCUT2D eigenvalue weighted by Crippen LogP contribution is -2.14. The molecule has 2 heterocycles. The van der Waals surface area contributed by atoms with E-state index in [1.165, 1.54) is 24.2 Å². The number of nitrogens with zero attached hydrogens (tertiary/aromatic N) is 4. The van der Waals surface area contributed by atoms with Crippen LogP contribution in [-0.4, -0.2) is 25.7 Å². The van der Waals surface area contributed by atoms with Crippen LogP contribution in [0.15, 0.2) is 71.2 Å². The molecule has 6 nitrogen and oxygen atoms in total. The summed E-state index contributed by atoms with van der Waals surface area (Å²) in [7, 11) is 0. The van der Waals surface area contributed by atoms with Gasteiger partial charge in [-0.25, -0.2) is 4.98 Å². The van der Waals surface area contributed by atoms with Crippen molar-refractivity contribution in [2.45, 2.75) is 36.1 Å². The van der Waals surface area contributed by atoms with Gasteiger partial charge in [0.1, 0.15) is 10.8 Å². The third-order valence-electron chi connectivity index (χ3n) is 4.93. The number of nitrogens with one attached hydrogen (secondary N) is 1. The second kappa shape index (κ2) is 9.03. The van der Waals surface area contributed by atoms with Crippen LogP contribution in [0.2, 0.25) is 0 Å². The van der Waals surface area contributed by atoms with Crippen LogP contribution in [0, 0.1) is 0 Å². The number of amides is 1. The first-order chi connectivity index (χ1) is 15.3. The molecule has 1 amide bonds. The molecule has 1 aliphatic rings. The molecule has 0 unspecified atom stereocenters. The fraction of sp³-hybridized carbons (Fsp3) is 0.217. The van der Waals surface area contributed by atoms with Gasteiger partial charge in [-0.2, -0.15) is 0 Å². The molecule has 1 aliphatic carbocycles. The molecule has 5 rings (SSSR count). The summed E-state index contributed by atoms with van der Waals surface area (Å²) in [5.74, 6) is 2.19. The van der Waals surface area contributed by atoms with Crippen LogP contribution < -0.4 is 5.32 Å². The van der Waals surface area contributed by atoms with Gasteiger partial charge >= 0.3 is 0 Å². The number of carbonyl (C=O) groups is 1. The number of thioether (sulfide) groups is 1. The standard InChI is InChI=1S/C23H21N5OS2/c29-20(24-17-7-3-1-4-8-17)13-21-25-18(14-30-21)15-31-23-27-26-22(16-11-12-16)28(23)19-9-5-2-6-10-19/h1-10,14,16H,11-13,15H2,(H,24,29). The average molecular weight is 448 g/mol. The maximum absolute atomic E-state index is 12.3. The van der Waals surface area contributed by atoms with Crippen LogP contribution in [0.4, 0.5) is 5.69 Å². The van der Waals surface area contributed by atoms with Gasteiger partial charge in [0, 0.05) is 28.4 Å². The van der Waals surface area contributed by atoms with Crippen molar-refractivity contribution in [3.8, 4) is 5.69 Å². The molecule has 0 bridgehead atoms. The summed E-state index contributed by atoms with van der Waals surface area (Å²) < 4.78 is 2.17. The van der Waals surface area contributed by atoms with Gasteiger partial charge in [-0.1, -0.05) is 48.2 Å². The molecule has 2 aromatic carbocycles. The van der Waals surface area contributed by atoms with Crippen LogP contribution in [0.5, 0.6) is 0 Å². The molecule has 4 aromatic rings. The summed E-state index contributed by atoms with van der Waals surface area (Å²) in [4.78, 5) is 16.9. The minimum absolute atomic E-state index is 0.0577. The summed E-state index contributed by atoms with van der Waals surface area (Å²) in [5, 5.41) is 15.5. The molecule has 1 N–H and O–H groups in total. The Labute approximate surface area is 188 Å². The topological polar surface area (TPSA) is 72.7 Å². The van der Waals surface area contributed by atoms with Gasteiger partial charge in [0.05, 0.1) is 12.1 Å². The Hall–Kier alpha value is -2.97. The third-order valence-corrected chi connectivity index (χ3v) is 6.79. The zero-order valence-electron chi connectivity index (χ0n) is 16.8.